The Morgan fingerprint density at radius 1 is 1.05 bits per heavy atom. The number of ether oxygens (including phenoxy) is 3. The summed E-state index contributed by atoms with van der Waals surface area (Å²) in [6.07, 6.45) is -0.395. The summed E-state index contributed by atoms with van der Waals surface area (Å²) in [5.41, 5.74) is 0.533. The van der Waals surface area contributed by atoms with Gasteiger partial charge in [0.15, 0.2) is 5.79 Å². The van der Waals surface area contributed by atoms with Crippen molar-refractivity contribution in [3.05, 3.63) is 40.2 Å². The topological polar surface area (TPSA) is 57.9 Å². The molecule has 22 heavy (non-hydrogen) atoms. The molecule has 1 saturated heterocycles. The molecule has 0 spiro atoms. The zero-order valence-corrected chi connectivity index (χ0v) is 13.0. The van der Waals surface area contributed by atoms with E-state index < -0.39 is 11.4 Å². The van der Waals surface area contributed by atoms with Crippen LogP contribution in [-0.4, -0.2) is 17.5 Å². The molecule has 5 heteroatoms. The van der Waals surface area contributed by atoms with Gasteiger partial charge in [0.05, 0.1) is 0 Å². The van der Waals surface area contributed by atoms with Gasteiger partial charge < -0.3 is 18.6 Å². The molecule has 2 atom stereocenters. The molecule has 1 aromatic carbocycles. The predicted octanol–water partition coefficient (Wildman–Crippen LogP) is 3.16. The molecule has 5 nitrogen and oxygen atoms in total. The molecule has 1 aromatic heterocycles. The van der Waals surface area contributed by atoms with Gasteiger partial charge >= 0.3 is 5.63 Å². The number of hydrogen-bond donors (Lipinski definition) is 0. The standard InChI is InChI=1S/C17H18O5/c1-16(2)15-14(21-17(3,4)22-15)10-7-9-5-6-13(18)19-11(9)8-12(10)20-16/h5-8,14-15H,1-4H3/t14-,15-/m1/s1. The molecule has 2 aromatic rings. The molecule has 2 aliphatic rings. The van der Waals surface area contributed by atoms with Crippen molar-refractivity contribution >= 4 is 11.0 Å². The van der Waals surface area contributed by atoms with Crippen LogP contribution in [0.5, 0.6) is 5.75 Å². The third kappa shape index (κ3) is 1.96. The van der Waals surface area contributed by atoms with E-state index in [1.54, 1.807) is 12.1 Å². The minimum Gasteiger partial charge on any atom is -0.484 e. The minimum atomic E-state index is -0.657. The molecule has 1 fully saturated rings. The molecular weight excluding hydrogens is 284 g/mol. The lowest BCUT2D eigenvalue weighted by atomic mass is 9.88. The first kappa shape index (κ1) is 13.8. The van der Waals surface area contributed by atoms with Crippen molar-refractivity contribution < 1.29 is 18.6 Å². The van der Waals surface area contributed by atoms with Crippen LogP contribution in [0.2, 0.25) is 0 Å². The molecule has 0 aliphatic carbocycles. The van der Waals surface area contributed by atoms with Gasteiger partial charge in [0.25, 0.3) is 0 Å². The normalized spacial score (nSPS) is 28.0. The highest BCUT2D eigenvalue weighted by molar-refractivity contribution is 5.79. The Kier molecular flexibility index (Phi) is 2.58. The molecule has 3 heterocycles. The Labute approximate surface area is 127 Å². The monoisotopic (exact) mass is 302 g/mol. The summed E-state index contributed by atoms with van der Waals surface area (Å²) in [6, 6.07) is 6.87. The summed E-state index contributed by atoms with van der Waals surface area (Å²) >= 11 is 0. The van der Waals surface area contributed by atoms with Gasteiger partial charge in [-0.25, -0.2) is 4.79 Å². The summed E-state index contributed by atoms with van der Waals surface area (Å²) in [7, 11) is 0. The molecule has 0 bridgehead atoms. The highest BCUT2D eigenvalue weighted by Gasteiger charge is 2.54. The fourth-order valence-electron chi connectivity index (χ4n) is 3.26. The van der Waals surface area contributed by atoms with E-state index in [1.807, 2.05) is 33.8 Å². The molecular formula is C17H18O5. The van der Waals surface area contributed by atoms with Crippen LogP contribution < -0.4 is 10.4 Å². The second-order valence-electron chi connectivity index (χ2n) is 6.86. The molecule has 0 saturated carbocycles. The summed E-state index contributed by atoms with van der Waals surface area (Å²) < 4.78 is 23.5. The average molecular weight is 302 g/mol. The van der Waals surface area contributed by atoms with Crippen LogP contribution in [-0.2, 0) is 9.47 Å². The zero-order chi connectivity index (χ0) is 15.7. The Balaban J connectivity index is 1.93. The van der Waals surface area contributed by atoms with Crippen molar-refractivity contribution in [2.75, 3.05) is 0 Å². The lowest BCUT2D eigenvalue weighted by Gasteiger charge is -2.39. The SMILES string of the molecule is CC1(C)O[C@@H]2c3cc4ccc(=O)oc4cc3OC(C)(C)[C@@H]2O1. The average Bonchev–Trinajstić information content (AvgIpc) is 2.74. The van der Waals surface area contributed by atoms with Crippen molar-refractivity contribution in [3.63, 3.8) is 0 Å². The number of benzene rings is 1. The van der Waals surface area contributed by atoms with E-state index in [-0.39, 0.29) is 17.8 Å². The lowest BCUT2D eigenvalue weighted by Crippen LogP contribution is -2.48. The Morgan fingerprint density at radius 2 is 1.82 bits per heavy atom. The highest BCUT2D eigenvalue weighted by atomic mass is 16.8. The van der Waals surface area contributed by atoms with E-state index in [2.05, 4.69) is 0 Å². The second kappa shape index (κ2) is 4.12. The molecule has 4 rings (SSSR count). The molecule has 0 radical (unpaired) electrons. The van der Waals surface area contributed by atoms with Gasteiger partial charge in [-0.1, -0.05) is 0 Å². The van der Waals surface area contributed by atoms with Crippen molar-refractivity contribution in [2.24, 2.45) is 0 Å². The van der Waals surface area contributed by atoms with Gasteiger partial charge in [0.2, 0.25) is 0 Å². The Hall–Kier alpha value is -1.85. The van der Waals surface area contributed by atoms with E-state index in [9.17, 15) is 4.79 Å². The van der Waals surface area contributed by atoms with Crippen molar-refractivity contribution in [3.8, 4) is 5.75 Å². The predicted molar refractivity (Wildman–Crippen MR) is 80.0 cm³/mol. The number of fused-ring (bicyclic) bond motifs is 4. The first-order valence-corrected chi connectivity index (χ1v) is 7.38. The van der Waals surface area contributed by atoms with Gasteiger partial charge in [0.1, 0.15) is 29.1 Å². The van der Waals surface area contributed by atoms with Crippen LogP contribution in [0.25, 0.3) is 11.0 Å². The third-order valence-electron chi connectivity index (χ3n) is 4.21. The highest BCUT2D eigenvalue weighted by Crippen LogP contribution is 2.50. The summed E-state index contributed by atoms with van der Waals surface area (Å²) in [4.78, 5) is 11.4. The largest absolute Gasteiger partial charge is 0.484 e. The van der Waals surface area contributed by atoms with Gasteiger partial charge in [0, 0.05) is 23.1 Å². The van der Waals surface area contributed by atoms with Gasteiger partial charge in [-0.3, -0.25) is 0 Å². The fraction of sp³-hybridized carbons (Fsp3) is 0.471. The quantitative estimate of drug-likeness (QED) is 0.700. The van der Waals surface area contributed by atoms with E-state index in [4.69, 9.17) is 18.6 Å². The zero-order valence-electron chi connectivity index (χ0n) is 13.0. The maximum absolute atomic E-state index is 11.4. The Bertz CT molecular complexity index is 817. The van der Waals surface area contributed by atoms with Crippen molar-refractivity contribution in [2.45, 2.75) is 51.3 Å². The van der Waals surface area contributed by atoms with Gasteiger partial charge in [-0.2, -0.15) is 0 Å². The van der Waals surface area contributed by atoms with Crippen LogP contribution in [0.3, 0.4) is 0 Å². The molecule has 0 amide bonds. The molecule has 2 aliphatic heterocycles. The molecule has 0 N–H and O–H groups in total. The third-order valence-corrected chi connectivity index (χ3v) is 4.21. The van der Waals surface area contributed by atoms with E-state index in [1.165, 1.54) is 6.07 Å². The maximum Gasteiger partial charge on any atom is 0.336 e. The summed E-state index contributed by atoms with van der Waals surface area (Å²) in [5.74, 6) is 0.0184. The Morgan fingerprint density at radius 3 is 2.59 bits per heavy atom. The van der Waals surface area contributed by atoms with Crippen LogP contribution in [0, 0.1) is 0 Å². The minimum absolute atomic E-state index is 0.192. The summed E-state index contributed by atoms with van der Waals surface area (Å²) in [6.45, 7) is 7.76. The fourth-order valence-corrected chi connectivity index (χ4v) is 3.26. The van der Waals surface area contributed by atoms with Crippen LogP contribution in [0.15, 0.2) is 33.5 Å². The summed E-state index contributed by atoms with van der Waals surface area (Å²) in [5, 5.41) is 0.841. The first-order valence-electron chi connectivity index (χ1n) is 7.38. The van der Waals surface area contributed by atoms with Crippen LogP contribution >= 0.6 is 0 Å². The maximum atomic E-state index is 11.4. The lowest BCUT2D eigenvalue weighted by molar-refractivity contribution is -0.160. The van der Waals surface area contributed by atoms with E-state index in [0.29, 0.717) is 11.3 Å². The molecule has 0 unspecified atom stereocenters. The first-order chi connectivity index (χ1) is 10.3. The van der Waals surface area contributed by atoms with E-state index in [0.717, 1.165) is 10.9 Å². The smallest absolute Gasteiger partial charge is 0.336 e. The van der Waals surface area contributed by atoms with Crippen molar-refractivity contribution in [1.29, 1.82) is 0 Å². The number of hydrogen-bond acceptors (Lipinski definition) is 5. The second-order valence-corrected chi connectivity index (χ2v) is 6.86. The van der Waals surface area contributed by atoms with Crippen LogP contribution in [0.1, 0.15) is 39.4 Å². The van der Waals surface area contributed by atoms with Gasteiger partial charge in [-0.15, -0.1) is 0 Å². The molecule has 116 valence electrons. The number of rotatable bonds is 0. The van der Waals surface area contributed by atoms with Crippen LogP contribution in [0.4, 0.5) is 0 Å². The van der Waals surface area contributed by atoms with Crippen molar-refractivity contribution in [1.82, 2.24) is 0 Å². The van der Waals surface area contributed by atoms with Gasteiger partial charge in [-0.05, 0) is 39.8 Å². The van der Waals surface area contributed by atoms with E-state index >= 15 is 0 Å².